The molecule has 5 rings (SSSR count). The van der Waals surface area contributed by atoms with Crippen LogP contribution in [-0.4, -0.2) is 41.3 Å². The van der Waals surface area contributed by atoms with E-state index >= 15 is 0 Å². The lowest BCUT2D eigenvalue weighted by molar-refractivity contribution is 0.0677. The van der Waals surface area contributed by atoms with Crippen LogP contribution >= 0.6 is 11.6 Å². The third kappa shape index (κ3) is 4.30. The molecule has 1 amide bonds. The lowest BCUT2D eigenvalue weighted by atomic mass is 9.96. The van der Waals surface area contributed by atoms with Crippen molar-refractivity contribution in [2.75, 3.05) is 20.3 Å². The summed E-state index contributed by atoms with van der Waals surface area (Å²) in [6, 6.07) is 25.1. The Balaban J connectivity index is 1.47. The topological polar surface area (TPSA) is 67.5 Å². The first-order valence-electron chi connectivity index (χ1n) is 11.1. The number of fused-ring (bicyclic) bond motifs is 1. The van der Waals surface area contributed by atoms with Gasteiger partial charge in [0.15, 0.2) is 0 Å². The SMILES string of the molecule is COCCN1C(=O)c2[nH]nc(-c3ccc(Cl)cc3)c2C1c1ccc(OCc2ccccc2)cc1. The molecule has 0 bridgehead atoms. The minimum Gasteiger partial charge on any atom is -0.489 e. The third-order valence-electron chi connectivity index (χ3n) is 5.96. The smallest absolute Gasteiger partial charge is 0.273 e. The molecule has 1 aromatic heterocycles. The van der Waals surface area contributed by atoms with Gasteiger partial charge in [0.1, 0.15) is 18.1 Å². The summed E-state index contributed by atoms with van der Waals surface area (Å²) in [5.41, 5.74) is 5.10. The average molecular weight is 474 g/mol. The van der Waals surface area contributed by atoms with Crippen molar-refractivity contribution in [3.8, 4) is 17.0 Å². The van der Waals surface area contributed by atoms with Gasteiger partial charge < -0.3 is 14.4 Å². The van der Waals surface area contributed by atoms with Gasteiger partial charge in [-0.15, -0.1) is 0 Å². The minimum absolute atomic E-state index is 0.0887. The molecule has 1 N–H and O–H groups in total. The molecule has 6 nitrogen and oxygen atoms in total. The van der Waals surface area contributed by atoms with Gasteiger partial charge in [-0.25, -0.2) is 0 Å². The molecule has 0 saturated heterocycles. The summed E-state index contributed by atoms with van der Waals surface area (Å²) in [6.45, 7) is 1.40. The normalized spacial score (nSPS) is 14.9. The van der Waals surface area contributed by atoms with Gasteiger partial charge in [0.2, 0.25) is 0 Å². The Kier molecular flexibility index (Phi) is 6.34. The van der Waals surface area contributed by atoms with Gasteiger partial charge in [-0.2, -0.15) is 5.10 Å². The van der Waals surface area contributed by atoms with Gasteiger partial charge in [0, 0.05) is 29.8 Å². The number of amides is 1. The number of ether oxygens (including phenoxy) is 2. The summed E-state index contributed by atoms with van der Waals surface area (Å²) in [5.74, 6) is 0.680. The van der Waals surface area contributed by atoms with Gasteiger partial charge in [0.25, 0.3) is 5.91 Å². The van der Waals surface area contributed by atoms with Crippen molar-refractivity contribution in [1.82, 2.24) is 15.1 Å². The van der Waals surface area contributed by atoms with Crippen molar-refractivity contribution in [3.63, 3.8) is 0 Å². The van der Waals surface area contributed by atoms with E-state index in [1.165, 1.54) is 0 Å². The highest BCUT2D eigenvalue weighted by molar-refractivity contribution is 6.30. The standard InChI is InChI=1S/C27H24ClN3O3/c1-33-16-15-31-26(20-9-13-22(14-10-20)34-17-18-5-3-2-4-6-18)23-24(29-30-25(23)27(31)32)19-7-11-21(28)12-8-19/h2-14,26H,15-17H2,1H3,(H,29,30). The molecule has 172 valence electrons. The van der Waals surface area contributed by atoms with E-state index < -0.39 is 0 Å². The molecule has 2 heterocycles. The maximum absolute atomic E-state index is 13.3. The van der Waals surface area contributed by atoms with E-state index in [1.54, 1.807) is 7.11 Å². The van der Waals surface area contributed by atoms with Crippen LogP contribution in [0.25, 0.3) is 11.3 Å². The van der Waals surface area contributed by atoms with E-state index in [-0.39, 0.29) is 11.9 Å². The van der Waals surface area contributed by atoms with Crippen LogP contribution in [0.1, 0.15) is 33.2 Å². The van der Waals surface area contributed by atoms with Crippen LogP contribution < -0.4 is 4.74 Å². The number of hydrogen-bond donors (Lipinski definition) is 1. The van der Waals surface area contributed by atoms with E-state index in [4.69, 9.17) is 21.1 Å². The fourth-order valence-corrected chi connectivity index (χ4v) is 4.40. The molecule has 1 atom stereocenters. The first-order valence-corrected chi connectivity index (χ1v) is 11.4. The van der Waals surface area contributed by atoms with Crippen molar-refractivity contribution in [3.05, 3.63) is 106 Å². The number of nitrogens with zero attached hydrogens (tertiary/aromatic N) is 2. The van der Waals surface area contributed by atoms with Gasteiger partial charge >= 0.3 is 0 Å². The highest BCUT2D eigenvalue weighted by atomic mass is 35.5. The van der Waals surface area contributed by atoms with Crippen LogP contribution in [0.4, 0.5) is 0 Å². The Morgan fingerprint density at radius 3 is 2.44 bits per heavy atom. The first-order chi connectivity index (χ1) is 16.7. The monoisotopic (exact) mass is 473 g/mol. The summed E-state index contributed by atoms with van der Waals surface area (Å²) in [7, 11) is 1.63. The highest BCUT2D eigenvalue weighted by Gasteiger charge is 2.41. The molecule has 0 saturated carbocycles. The summed E-state index contributed by atoms with van der Waals surface area (Å²) < 4.78 is 11.2. The Bertz CT molecular complexity index is 1270. The Morgan fingerprint density at radius 2 is 1.74 bits per heavy atom. The summed E-state index contributed by atoms with van der Waals surface area (Å²) in [5, 5.41) is 8.10. The molecule has 3 aromatic carbocycles. The second kappa shape index (κ2) is 9.71. The van der Waals surface area contributed by atoms with Gasteiger partial charge in [-0.05, 0) is 35.4 Å². The predicted molar refractivity (Wildman–Crippen MR) is 131 cm³/mol. The number of aromatic amines is 1. The number of H-pyrrole nitrogens is 1. The van der Waals surface area contributed by atoms with Crippen molar-refractivity contribution >= 4 is 17.5 Å². The zero-order chi connectivity index (χ0) is 23.5. The summed E-state index contributed by atoms with van der Waals surface area (Å²) >= 11 is 6.08. The lowest BCUT2D eigenvalue weighted by Crippen LogP contribution is -2.32. The maximum atomic E-state index is 13.3. The number of carbonyl (C=O) groups excluding carboxylic acids is 1. The molecule has 0 radical (unpaired) electrons. The maximum Gasteiger partial charge on any atom is 0.273 e. The van der Waals surface area contributed by atoms with E-state index in [0.29, 0.717) is 30.5 Å². The summed E-state index contributed by atoms with van der Waals surface area (Å²) in [4.78, 5) is 15.1. The number of benzene rings is 3. The Hall–Kier alpha value is -3.61. The third-order valence-corrected chi connectivity index (χ3v) is 6.21. The Morgan fingerprint density at radius 1 is 1.00 bits per heavy atom. The lowest BCUT2D eigenvalue weighted by Gasteiger charge is -2.26. The van der Waals surface area contributed by atoms with Gasteiger partial charge in [-0.1, -0.05) is 66.2 Å². The van der Waals surface area contributed by atoms with Crippen molar-refractivity contribution in [2.45, 2.75) is 12.6 Å². The number of aromatic nitrogens is 2. The largest absolute Gasteiger partial charge is 0.489 e. The van der Waals surface area contributed by atoms with Crippen LogP contribution in [-0.2, 0) is 11.3 Å². The molecular formula is C27H24ClN3O3. The zero-order valence-electron chi connectivity index (χ0n) is 18.7. The molecule has 1 aliphatic heterocycles. The van der Waals surface area contributed by atoms with Crippen LogP contribution in [0, 0.1) is 0 Å². The summed E-state index contributed by atoms with van der Waals surface area (Å²) in [6.07, 6.45) is 0. The van der Waals surface area contributed by atoms with Crippen molar-refractivity contribution in [1.29, 1.82) is 0 Å². The quantitative estimate of drug-likeness (QED) is 0.367. The van der Waals surface area contributed by atoms with Crippen LogP contribution in [0.2, 0.25) is 5.02 Å². The molecular weight excluding hydrogens is 450 g/mol. The van der Waals surface area contributed by atoms with Crippen LogP contribution in [0.15, 0.2) is 78.9 Å². The van der Waals surface area contributed by atoms with Crippen LogP contribution in [0.3, 0.4) is 0 Å². The molecule has 34 heavy (non-hydrogen) atoms. The number of halogens is 1. The predicted octanol–water partition coefficient (Wildman–Crippen LogP) is 5.50. The second-order valence-electron chi connectivity index (χ2n) is 8.10. The first kappa shape index (κ1) is 22.2. The van der Waals surface area contributed by atoms with Crippen LogP contribution in [0.5, 0.6) is 5.75 Å². The molecule has 0 aliphatic carbocycles. The number of hydrogen-bond acceptors (Lipinski definition) is 4. The molecule has 4 aromatic rings. The van der Waals surface area contributed by atoms with E-state index in [2.05, 4.69) is 10.2 Å². The molecule has 0 spiro atoms. The van der Waals surface area contributed by atoms with Crippen molar-refractivity contribution < 1.29 is 14.3 Å². The fraction of sp³-hybridized carbons (Fsp3) is 0.185. The molecule has 7 heteroatoms. The average Bonchev–Trinajstić information content (AvgIpc) is 3.42. The number of nitrogens with one attached hydrogen (secondary N) is 1. The highest BCUT2D eigenvalue weighted by Crippen LogP contribution is 2.43. The minimum atomic E-state index is -0.287. The van der Waals surface area contributed by atoms with Crippen molar-refractivity contribution in [2.24, 2.45) is 0 Å². The molecule has 1 aliphatic rings. The second-order valence-corrected chi connectivity index (χ2v) is 8.54. The number of rotatable bonds is 8. The van der Waals surface area contributed by atoms with E-state index in [1.807, 2.05) is 83.8 Å². The van der Waals surface area contributed by atoms with Gasteiger partial charge in [-0.3, -0.25) is 9.89 Å². The number of carbonyl (C=O) groups is 1. The molecule has 0 fully saturated rings. The van der Waals surface area contributed by atoms with Gasteiger partial charge in [0.05, 0.1) is 18.3 Å². The number of methoxy groups -OCH3 is 1. The molecule has 1 unspecified atom stereocenters. The zero-order valence-corrected chi connectivity index (χ0v) is 19.5. The van der Waals surface area contributed by atoms with E-state index in [9.17, 15) is 4.79 Å². The fourth-order valence-electron chi connectivity index (χ4n) is 4.28. The Labute approximate surface area is 203 Å². The van der Waals surface area contributed by atoms with E-state index in [0.717, 1.165) is 33.7 Å².